The zero-order valence-corrected chi connectivity index (χ0v) is 14.0. The monoisotopic (exact) mass is 407 g/mol. The summed E-state index contributed by atoms with van der Waals surface area (Å²) >= 11 is 9.04. The maximum Gasteiger partial charge on any atom is 0.216 e. The number of aromatic amines is 1. The molecule has 0 saturated carbocycles. The van der Waals surface area contributed by atoms with Crippen molar-refractivity contribution in [3.8, 4) is 0 Å². The number of para-hydroxylation sites is 1. The van der Waals surface area contributed by atoms with E-state index in [4.69, 9.17) is 16.3 Å². The molecule has 126 valence electrons. The predicted molar refractivity (Wildman–Crippen MR) is 84.8 cm³/mol. The summed E-state index contributed by atoms with van der Waals surface area (Å²) in [4.78, 5) is 2.89. The third-order valence-electron chi connectivity index (χ3n) is 4.21. The largest absolute Gasteiger partial charge is 0.392 e. The molecule has 1 aliphatic rings. The zero-order chi connectivity index (χ0) is 17.0. The first-order valence-corrected chi connectivity index (χ1v) is 7.90. The normalized spacial score (nSPS) is 41.3. The Morgan fingerprint density at radius 2 is 1.91 bits per heavy atom. The summed E-state index contributed by atoms with van der Waals surface area (Å²) in [6.07, 6.45) is -2.51. The van der Waals surface area contributed by atoms with Crippen molar-refractivity contribution in [2.75, 3.05) is 6.61 Å². The highest BCUT2D eigenvalue weighted by Gasteiger charge is 2.71. The second-order valence-electron chi connectivity index (χ2n) is 5.48. The van der Waals surface area contributed by atoms with Crippen LogP contribution in [0.25, 0.3) is 10.9 Å². The smallest absolute Gasteiger partial charge is 0.216 e. The number of hydrogen-bond acceptors (Lipinski definition) is 6. The third-order valence-corrected chi connectivity index (χ3v) is 6.04. The Labute approximate surface area is 144 Å². The number of aromatic nitrogens is 1. The van der Waals surface area contributed by atoms with Gasteiger partial charge >= 0.3 is 0 Å². The number of aliphatic hydroxyl groups is 5. The van der Waals surface area contributed by atoms with E-state index in [1.165, 1.54) is 6.20 Å². The van der Waals surface area contributed by atoms with Crippen molar-refractivity contribution in [3.05, 3.63) is 36.0 Å². The molecule has 0 aliphatic carbocycles. The minimum absolute atomic E-state index is 0.0534. The van der Waals surface area contributed by atoms with E-state index in [9.17, 15) is 25.5 Å². The lowest BCUT2D eigenvalue weighted by molar-refractivity contribution is -0.348. The molecule has 2 heterocycles. The van der Waals surface area contributed by atoms with Crippen molar-refractivity contribution in [2.24, 2.45) is 0 Å². The van der Waals surface area contributed by atoms with E-state index in [1.807, 2.05) is 0 Å². The lowest BCUT2D eigenvalue weighted by Gasteiger charge is -2.54. The predicted octanol–water partition coefficient (Wildman–Crippen LogP) is 0.0759. The van der Waals surface area contributed by atoms with Crippen LogP contribution < -0.4 is 0 Å². The van der Waals surface area contributed by atoms with Gasteiger partial charge in [0.25, 0.3) is 0 Å². The van der Waals surface area contributed by atoms with Crippen LogP contribution in [0.4, 0.5) is 0 Å². The van der Waals surface area contributed by atoms with Crippen molar-refractivity contribution in [1.82, 2.24) is 4.98 Å². The molecule has 6 N–H and O–H groups in total. The average Bonchev–Trinajstić information content (AvgIpc) is 2.96. The molecular weight excluding hydrogens is 394 g/mol. The van der Waals surface area contributed by atoms with E-state index in [0.717, 1.165) is 0 Å². The first-order chi connectivity index (χ1) is 10.7. The molecule has 9 heteroatoms. The Bertz CT molecular complexity index is 739. The molecule has 3 rings (SSSR count). The summed E-state index contributed by atoms with van der Waals surface area (Å²) in [7, 11) is 0. The number of aliphatic hydroxyl groups excluding tert-OH is 3. The molecule has 1 aromatic heterocycles. The van der Waals surface area contributed by atoms with Crippen LogP contribution in [0, 0.1) is 0 Å². The van der Waals surface area contributed by atoms with Crippen LogP contribution in [0.5, 0.6) is 0 Å². The quantitative estimate of drug-likeness (QED) is 0.391. The fourth-order valence-electron chi connectivity index (χ4n) is 2.89. The highest BCUT2D eigenvalue weighted by molar-refractivity contribution is 9.10. The van der Waals surface area contributed by atoms with Gasteiger partial charge in [-0.2, -0.15) is 0 Å². The number of fused-ring (bicyclic) bond motifs is 1. The fourth-order valence-corrected chi connectivity index (χ4v) is 3.70. The number of alkyl halides is 2. The first-order valence-electron chi connectivity index (χ1n) is 6.73. The number of halogens is 2. The zero-order valence-electron chi connectivity index (χ0n) is 11.6. The second kappa shape index (κ2) is 5.40. The topological polar surface area (TPSA) is 126 Å². The van der Waals surface area contributed by atoms with Gasteiger partial charge in [-0.1, -0.05) is 29.8 Å². The fraction of sp³-hybridized carbons (Fsp3) is 0.429. The van der Waals surface area contributed by atoms with Crippen LogP contribution >= 0.6 is 27.5 Å². The maximum atomic E-state index is 11.1. The van der Waals surface area contributed by atoms with Gasteiger partial charge in [0.15, 0.2) is 16.4 Å². The highest BCUT2D eigenvalue weighted by Crippen LogP contribution is 2.55. The van der Waals surface area contributed by atoms with Gasteiger partial charge in [0.1, 0.15) is 6.10 Å². The van der Waals surface area contributed by atoms with Gasteiger partial charge in [-0.3, -0.25) is 0 Å². The van der Waals surface area contributed by atoms with Crippen molar-refractivity contribution in [3.63, 3.8) is 0 Å². The Morgan fingerprint density at radius 1 is 1.26 bits per heavy atom. The summed E-state index contributed by atoms with van der Waals surface area (Å²) in [5.41, 5.74) is -1.86. The molecule has 0 radical (unpaired) electrons. The molecule has 2 aromatic rings. The Balaban J connectivity index is 2.28. The van der Waals surface area contributed by atoms with E-state index in [1.54, 1.807) is 24.3 Å². The van der Waals surface area contributed by atoms with Crippen molar-refractivity contribution >= 4 is 38.4 Å². The van der Waals surface area contributed by atoms with Crippen LogP contribution in [0.1, 0.15) is 5.56 Å². The third kappa shape index (κ3) is 2.11. The van der Waals surface area contributed by atoms with Gasteiger partial charge in [0.2, 0.25) is 5.06 Å². The van der Waals surface area contributed by atoms with Crippen molar-refractivity contribution in [2.45, 2.75) is 27.6 Å². The van der Waals surface area contributed by atoms with E-state index < -0.39 is 34.2 Å². The van der Waals surface area contributed by atoms with Gasteiger partial charge in [-0.15, -0.1) is 0 Å². The number of H-pyrrole nitrogens is 1. The lowest BCUT2D eigenvalue weighted by Crippen LogP contribution is -2.74. The summed E-state index contributed by atoms with van der Waals surface area (Å²) in [6, 6.07) is 6.84. The average molecular weight is 409 g/mol. The highest BCUT2D eigenvalue weighted by atomic mass is 79.9. The lowest BCUT2D eigenvalue weighted by atomic mass is 9.77. The van der Waals surface area contributed by atoms with Crippen LogP contribution in [0.15, 0.2) is 30.5 Å². The molecule has 23 heavy (non-hydrogen) atoms. The van der Waals surface area contributed by atoms with Gasteiger partial charge < -0.3 is 35.3 Å². The second-order valence-corrected chi connectivity index (χ2v) is 7.30. The number of hydrogen-bond donors (Lipinski definition) is 6. The molecule has 1 aromatic carbocycles. The molecule has 1 fully saturated rings. The number of benzene rings is 1. The van der Waals surface area contributed by atoms with Gasteiger partial charge in [-0.05, 0) is 22.0 Å². The molecule has 0 spiro atoms. The van der Waals surface area contributed by atoms with Crippen LogP contribution in [0.3, 0.4) is 0 Å². The molecule has 0 unspecified atom stereocenters. The standard InChI is InChI=1S/C14H15BrClNO6/c15-12(6-18)14(16,22)13(21,10(19)11(20)23-12)8-5-17-9-4-2-1-3-7(8)9/h1-5,10-11,17-22H,6H2/t10-,11+,12+,13+,14-/m0/s1. The molecule has 1 aliphatic heterocycles. The van der Waals surface area contributed by atoms with Crippen LogP contribution in [0.2, 0.25) is 0 Å². The van der Waals surface area contributed by atoms with E-state index in [2.05, 4.69) is 20.9 Å². The summed E-state index contributed by atoms with van der Waals surface area (Å²) in [5.74, 6) is 0. The van der Waals surface area contributed by atoms with Crippen molar-refractivity contribution < 1.29 is 30.3 Å². The van der Waals surface area contributed by atoms with E-state index in [-0.39, 0.29) is 5.56 Å². The van der Waals surface area contributed by atoms with Crippen molar-refractivity contribution in [1.29, 1.82) is 0 Å². The minimum Gasteiger partial charge on any atom is -0.392 e. The molecule has 1 saturated heterocycles. The van der Waals surface area contributed by atoms with E-state index in [0.29, 0.717) is 10.9 Å². The Hall–Kier alpha value is -0.710. The summed E-state index contributed by atoms with van der Waals surface area (Å²) < 4.78 is 2.87. The molecule has 0 bridgehead atoms. The molecular formula is C14H15BrClNO6. The summed E-state index contributed by atoms with van der Waals surface area (Å²) in [6.45, 7) is -0.874. The van der Waals surface area contributed by atoms with Gasteiger partial charge in [0, 0.05) is 22.7 Å². The van der Waals surface area contributed by atoms with E-state index >= 15 is 0 Å². The summed E-state index contributed by atoms with van der Waals surface area (Å²) in [5, 5.41) is 49.4. The number of rotatable bonds is 2. The molecule has 5 atom stereocenters. The molecule has 0 amide bonds. The number of nitrogens with one attached hydrogen (secondary N) is 1. The number of ether oxygens (including phenoxy) is 1. The first kappa shape index (κ1) is 17.1. The Morgan fingerprint density at radius 3 is 2.57 bits per heavy atom. The maximum absolute atomic E-state index is 11.1. The SMILES string of the molecule is OC[C@@]1(Br)O[C@@H](O)[C@H](O)[C@](O)(c2c[nH]c3ccccc23)[C@]1(O)Cl. The van der Waals surface area contributed by atoms with Crippen LogP contribution in [-0.4, -0.2) is 59.1 Å². The minimum atomic E-state index is -2.70. The van der Waals surface area contributed by atoms with Gasteiger partial charge in [-0.25, -0.2) is 0 Å². The molecule has 7 nitrogen and oxygen atoms in total. The van der Waals surface area contributed by atoms with Gasteiger partial charge in [0.05, 0.1) is 6.61 Å². The Kier molecular flexibility index (Phi) is 4.02. The van der Waals surface area contributed by atoms with Crippen LogP contribution in [-0.2, 0) is 10.3 Å².